The van der Waals surface area contributed by atoms with E-state index in [9.17, 15) is 0 Å². The van der Waals surface area contributed by atoms with Gasteiger partial charge in [0.05, 0.1) is 37.6 Å². The van der Waals surface area contributed by atoms with Crippen molar-refractivity contribution in [2.45, 2.75) is 0 Å². The highest BCUT2D eigenvalue weighted by Gasteiger charge is 1.59. The van der Waals surface area contributed by atoms with Gasteiger partial charge >= 0.3 is 0 Å². The van der Waals surface area contributed by atoms with Gasteiger partial charge in [-0.15, -0.1) is 0 Å². The van der Waals surface area contributed by atoms with Gasteiger partial charge in [-0.2, -0.15) is 0 Å². The van der Waals surface area contributed by atoms with Crippen molar-refractivity contribution in [2.24, 2.45) is 0 Å². The molecule has 3 rings (SSSR count). The fourth-order valence-electron chi connectivity index (χ4n) is 0.680. The third kappa shape index (κ3) is 6.95. The molecular weight excluding hydrogens is 192 g/mol. The topological polar surface area (TPSA) is 39.4 Å². The highest BCUT2D eigenvalue weighted by atomic mass is 16.3. The van der Waals surface area contributed by atoms with Gasteiger partial charge in [0.25, 0.3) is 0 Å². The second-order valence-corrected chi connectivity index (χ2v) is 2.38. The van der Waals surface area contributed by atoms with Crippen LogP contribution in [0.2, 0.25) is 0 Å². The Morgan fingerprint density at radius 1 is 0.333 bits per heavy atom. The molecule has 0 saturated carbocycles. The predicted molar refractivity (Wildman–Crippen MR) is 56.1 cm³/mol. The summed E-state index contributed by atoms with van der Waals surface area (Å²) in [5.41, 5.74) is 0. The Kier molecular flexibility index (Phi) is 6.14. The molecule has 0 aliphatic heterocycles. The summed E-state index contributed by atoms with van der Waals surface area (Å²) in [5, 5.41) is 0. The Balaban J connectivity index is 0.000000112. The van der Waals surface area contributed by atoms with Crippen LogP contribution in [0.1, 0.15) is 0 Å². The molecular formula is C12H12O3. The van der Waals surface area contributed by atoms with Crippen LogP contribution in [0.25, 0.3) is 0 Å². The molecule has 3 aromatic heterocycles. The van der Waals surface area contributed by atoms with Crippen LogP contribution < -0.4 is 0 Å². The molecule has 0 bridgehead atoms. The molecule has 0 aromatic carbocycles. The SMILES string of the molecule is c1ccoc1.c1ccoc1.c1ccoc1. The first kappa shape index (κ1) is 10.9. The van der Waals surface area contributed by atoms with E-state index in [1.54, 1.807) is 37.6 Å². The van der Waals surface area contributed by atoms with Crippen molar-refractivity contribution in [2.75, 3.05) is 0 Å². The van der Waals surface area contributed by atoms with Crippen molar-refractivity contribution in [1.82, 2.24) is 0 Å². The van der Waals surface area contributed by atoms with E-state index in [4.69, 9.17) is 0 Å². The number of furan rings is 3. The molecule has 78 valence electrons. The number of rotatable bonds is 0. The molecule has 0 atom stereocenters. The highest BCUT2D eigenvalue weighted by Crippen LogP contribution is 1.80. The molecule has 3 aromatic rings. The van der Waals surface area contributed by atoms with Crippen LogP contribution in [0.3, 0.4) is 0 Å². The zero-order valence-electron chi connectivity index (χ0n) is 8.15. The molecule has 0 aliphatic rings. The Hall–Kier alpha value is -2.16. The Bertz CT molecular complexity index is 243. The van der Waals surface area contributed by atoms with E-state index in [0.717, 1.165) is 0 Å². The van der Waals surface area contributed by atoms with Crippen LogP contribution >= 0.6 is 0 Å². The smallest absolute Gasteiger partial charge is 0.0902 e. The van der Waals surface area contributed by atoms with Gasteiger partial charge in [-0.3, -0.25) is 0 Å². The van der Waals surface area contributed by atoms with Gasteiger partial charge in [0.1, 0.15) is 0 Å². The fourth-order valence-corrected chi connectivity index (χ4v) is 0.680. The molecule has 3 heteroatoms. The summed E-state index contributed by atoms with van der Waals surface area (Å²) in [6, 6.07) is 11.0. The summed E-state index contributed by atoms with van der Waals surface area (Å²) >= 11 is 0. The van der Waals surface area contributed by atoms with Crippen LogP contribution in [0.4, 0.5) is 0 Å². The van der Waals surface area contributed by atoms with Crippen LogP contribution in [-0.4, -0.2) is 0 Å². The van der Waals surface area contributed by atoms with Gasteiger partial charge < -0.3 is 13.3 Å². The minimum atomic E-state index is 1.62. The molecule has 3 heterocycles. The van der Waals surface area contributed by atoms with E-state index in [1.165, 1.54) is 0 Å². The molecule has 0 radical (unpaired) electrons. The highest BCUT2D eigenvalue weighted by molar-refractivity contribution is 4.80. The summed E-state index contributed by atoms with van der Waals surface area (Å²) < 4.78 is 13.8. The molecule has 0 saturated heterocycles. The van der Waals surface area contributed by atoms with Gasteiger partial charge in [-0.1, -0.05) is 0 Å². The lowest BCUT2D eigenvalue weighted by molar-refractivity contribution is 0.567. The minimum Gasteiger partial charge on any atom is -0.473 e. The lowest BCUT2D eigenvalue weighted by Gasteiger charge is -1.50. The van der Waals surface area contributed by atoms with Crippen molar-refractivity contribution >= 4 is 0 Å². The second-order valence-electron chi connectivity index (χ2n) is 2.38. The second kappa shape index (κ2) is 8.44. The molecule has 0 amide bonds. The van der Waals surface area contributed by atoms with Crippen LogP contribution in [0.15, 0.2) is 87.2 Å². The van der Waals surface area contributed by atoms with Crippen LogP contribution in [0.5, 0.6) is 0 Å². The lowest BCUT2D eigenvalue weighted by atomic mass is 10.7. The third-order valence-electron chi connectivity index (χ3n) is 1.28. The zero-order chi connectivity index (χ0) is 10.6. The zero-order valence-corrected chi connectivity index (χ0v) is 8.15. The van der Waals surface area contributed by atoms with Gasteiger partial charge in [-0.05, 0) is 36.4 Å². The predicted octanol–water partition coefficient (Wildman–Crippen LogP) is 3.84. The summed E-state index contributed by atoms with van der Waals surface area (Å²) in [5.74, 6) is 0. The van der Waals surface area contributed by atoms with Crippen molar-refractivity contribution in [1.29, 1.82) is 0 Å². The van der Waals surface area contributed by atoms with Gasteiger partial charge in [-0.25, -0.2) is 0 Å². The minimum absolute atomic E-state index is 1.62. The largest absolute Gasteiger partial charge is 0.473 e. The molecule has 0 fully saturated rings. The van der Waals surface area contributed by atoms with Crippen LogP contribution in [0, 0.1) is 0 Å². The van der Waals surface area contributed by atoms with E-state index in [1.807, 2.05) is 36.4 Å². The van der Waals surface area contributed by atoms with Crippen molar-refractivity contribution in [3.63, 3.8) is 0 Å². The quantitative estimate of drug-likeness (QED) is 0.558. The number of hydrogen-bond donors (Lipinski definition) is 0. The monoisotopic (exact) mass is 204 g/mol. The van der Waals surface area contributed by atoms with Gasteiger partial charge in [0.2, 0.25) is 0 Å². The van der Waals surface area contributed by atoms with E-state index < -0.39 is 0 Å². The molecule has 15 heavy (non-hydrogen) atoms. The molecule has 0 spiro atoms. The first-order chi connectivity index (χ1) is 7.50. The Morgan fingerprint density at radius 2 is 0.533 bits per heavy atom. The molecule has 0 unspecified atom stereocenters. The van der Waals surface area contributed by atoms with Crippen LogP contribution in [-0.2, 0) is 0 Å². The maximum Gasteiger partial charge on any atom is 0.0902 e. The lowest BCUT2D eigenvalue weighted by Crippen LogP contribution is -1.16. The fraction of sp³-hybridized carbons (Fsp3) is 0. The molecule has 0 aliphatic carbocycles. The third-order valence-corrected chi connectivity index (χ3v) is 1.28. The number of hydrogen-bond acceptors (Lipinski definition) is 3. The van der Waals surface area contributed by atoms with E-state index in [2.05, 4.69) is 13.3 Å². The normalized spacial score (nSPS) is 8.00. The maximum atomic E-state index is 4.58. The van der Waals surface area contributed by atoms with E-state index in [-0.39, 0.29) is 0 Å². The van der Waals surface area contributed by atoms with Crippen molar-refractivity contribution in [3.05, 3.63) is 74.0 Å². The molecule has 3 nitrogen and oxygen atoms in total. The molecule has 0 N–H and O–H groups in total. The van der Waals surface area contributed by atoms with E-state index in [0.29, 0.717) is 0 Å². The van der Waals surface area contributed by atoms with Crippen molar-refractivity contribution in [3.8, 4) is 0 Å². The average molecular weight is 204 g/mol. The Morgan fingerprint density at radius 3 is 0.600 bits per heavy atom. The first-order valence-electron chi connectivity index (χ1n) is 4.41. The summed E-state index contributed by atoms with van der Waals surface area (Å²) in [7, 11) is 0. The summed E-state index contributed by atoms with van der Waals surface area (Å²) in [4.78, 5) is 0. The standard InChI is InChI=1S/3C4H4O/c3*1-2-4-5-3-1/h3*1-4H. The maximum absolute atomic E-state index is 4.58. The summed E-state index contributed by atoms with van der Waals surface area (Å²) in [6.45, 7) is 0. The van der Waals surface area contributed by atoms with Gasteiger partial charge in [0.15, 0.2) is 0 Å². The van der Waals surface area contributed by atoms with Gasteiger partial charge in [0, 0.05) is 0 Å². The van der Waals surface area contributed by atoms with E-state index >= 15 is 0 Å². The Labute approximate surface area is 87.9 Å². The average Bonchev–Trinajstić information content (AvgIpc) is 3.09. The summed E-state index contributed by atoms with van der Waals surface area (Å²) in [6.07, 6.45) is 9.75. The van der Waals surface area contributed by atoms with Crippen molar-refractivity contribution < 1.29 is 13.3 Å². The first-order valence-corrected chi connectivity index (χ1v) is 4.41.